The van der Waals surface area contributed by atoms with E-state index in [1.807, 2.05) is 0 Å². The van der Waals surface area contributed by atoms with Gasteiger partial charge in [0.15, 0.2) is 0 Å². The Balaban J connectivity index is 2.38. The first-order chi connectivity index (χ1) is 7.66. The number of rotatable bonds is 3. The van der Waals surface area contributed by atoms with Crippen molar-refractivity contribution in [3.05, 3.63) is 35.5 Å². The molecule has 2 nitrogen and oxygen atoms in total. The van der Waals surface area contributed by atoms with Gasteiger partial charge in [-0.05, 0) is 24.3 Å². The van der Waals surface area contributed by atoms with Gasteiger partial charge < -0.3 is 5.32 Å². The predicted octanol–water partition coefficient (Wildman–Crippen LogP) is 3.57. The lowest BCUT2D eigenvalue weighted by atomic mass is 10.2. The molecule has 0 fully saturated rings. The lowest BCUT2D eigenvalue weighted by Crippen LogP contribution is -2.10. The minimum absolute atomic E-state index is 0.373. The average Bonchev–Trinajstić information content (AvgIpc) is 2.25. The van der Waals surface area contributed by atoms with Gasteiger partial charge >= 0.3 is 0 Å². The Hall–Kier alpha value is -1.42. The first-order valence-electron chi connectivity index (χ1n) is 4.73. The minimum Gasteiger partial charge on any atom is -0.379 e. The van der Waals surface area contributed by atoms with E-state index in [9.17, 15) is 8.78 Å². The molecule has 84 valence electrons. The Morgan fingerprint density at radius 2 is 2.12 bits per heavy atom. The van der Waals surface area contributed by atoms with E-state index in [0.29, 0.717) is 16.2 Å². The first-order valence-corrected chi connectivity index (χ1v) is 5.11. The molecule has 5 heteroatoms. The summed E-state index contributed by atoms with van der Waals surface area (Å²) in [5.41, 5.74) is 1.33. The Morgan fingerprint density at radius 1 is 1.31 bits per heavy atom. The Bertz CT molecular complexity index is 502. The van der Waals surface area contributed by atoms with Crippen LogP contribution in [-0.2, 0) is 0 Å². The Labute approximate surface area is 96.2 Å². The van der Waals surface area contributed by atoms with E-state index in [2.05, 4.69) is 10.3 Å². The van der Waals surface area contributed by atoms with Crippen LogP contribution < -0.4 is 5.32 Å². The summed E-state index contributed by atoms with van der Waals surface area (Å²) < 4.78 is 24.2. The summed E-state index contributed by atoms with van der Waals surface area (Å²) in [4.78, 5) is 4.12. The molecule has 1 N–H and O–H groups in total. The summed E-state index contributed by atoms with van der Waals surface area (Å²) in [6.07, 6.45) is -0.817. The third-order valence-electron chi connectivity index (χ3n) is 2.15. The maximum Gasteiger partial charge on any atom is 0.255 e. The van der Waals surface area contributed by atoms with Crippen molar-refractivity contribution in [3.8, 4) is 0 Å². The van der Waals surface area contributed by atoms with Crippen LogP contribution in [-0.4, -0.2) is 18.0 Å². The lowest BCUT2D eigenvalue weighted by molar-refractivity contribution is 0.163. The van der Waals surface area contributed by atoms with Gasteiger partial charge in [0.1, 0.15) is 0 Å². The van der Waals surface area contributed by atoms with Gasteiger partial charge in [-0.2, -0.15) is 0 Å². The van der Waals surface area contributed by atoms with Gasteiger partial charge in [0.2, 0.25) is 0 Å². The number of aromatic nitrogens is 1. The van der Waals surface area contributed by atoms with Crippen molar-refractivity contribution in [3.63, 3.8) is 0 Å². The van der Waals surface area contributed by atoms with Crippen molar-refractivity contribution in [1.29, 1.82) is 0 Å². The zero-order valence-electron chi connectivity index (χ0n) is 8.25. The van der Waals surface area contributed by atoms with Crippen LogP contribution in [0.4, 0.5) is 14.5 Å². The number of hydrogen-bond donors (Lipinski definition) is 1. The van der Waals surface area contributed by atoms with E-state index in [0.717, 1.165) is 5.39 Å². The van der Waals surface area contributed by atoms with Crippen LogP contribution in [0.25, 0.3) is 10.9 Å². The van der Waals surface area contributed by atoms with E-state index in [1.54, 1.807) is 30.5 Å². The molecule has 0 amide bonds. The molecule has 1 heterocycles. The summed E-state index contributed by atoms with van der Waals surface area (Å²) in [7, 11) is 0. The molecule has 0 bridgehead atoms. The number of fused-ring (bicyclic) bond motifs is 1. The van der Waals surface area contributed by atoms with Crippen LogP contribution in [0.1, 0.15) is 0 Å². The molecule has 0 aliphatic carbocycles. The fourth-order valence-electron chi connectivity index (χ4n) is 1.46. The van der Waals surface area contributed by atoms with E-state index in [4.69, 9.17) is 11.6 Å². The second-order valence-electron chi connectivity index (χ2n) is 3.29. The number of nitrogens with zero attached hydrogens (tertiary/aromatic N) is 1. The van der Waals surface area contributed by atoms with Crippen LogP contribution in [0.2, 0.25) is 5.02 Å². The first kappa shape index (κ1) is 11.1. The molecule has 0 saturated heterocycles. The Morgan fingerprint density at radius 3 is 2.88 bits per heavy atom. The van der Waals surface area contributed by atoms with Crippen molar-refractivity contribution in [2.75, 3.05) is 11.9 Å². The number of benzene rings is 1. The normalized spacial score (nSPS) is 11.0. The number of anilines is 1. The summed E-state index contributed by atoms with van der Waals surface area (Å²) >= 11 is 5.82. The highest BCUT2D eigenvalue weighted by Gasteiger charge is 2.05. The zero-order valence-corrected chi connectivity index (χ0v) is 9.01. The summed E-state index contributed by atoms with van der Waals surface area (Å²) in [5.74, 6) is 0. The number of alkyl halides is 2. The highest BCUT2D eigenvalue weighted by atomic mass is 35.5. The van der Waals surface area contributed by atoms with Crippen LogP contribution in [0.3, 0.4) is 0 Å². The van der Waals surface area contributed by atoms with Gasteiger partial charge in [-0.3, -0.25) is 4.98 Å². The fraction of sp³-hybridized carbons (Fsp3) is 0.182. The van der Waals surface area contributed by atoms with Crippen LogP contribution in [0.5, 0.6) is 0 Å². The molecule has 1 aromatic carbocycles. The molecule has 0 unspecified atom stereocenters. The Kier molecular flexibility index (Phi) is 3.19. The number of hydrogen-bond acceptors (Lipinski definition) is 2. The number of nitrogens with one attached hydrogen (secondary N) is 1. The van der Waals surface area contributed by atoms with Gasteiger partial charge in [0.25, 0.3) is 6.43 Å². The van der Waals surface area contributed by atoms with Gasteiger partial charge in [0.05, 0.1) is 12.1 Å². The fourth-order valence-corrected chi connectivity index (χ4v) is 1.63. The van der Waals surface area contributed by atoms with Crippen molar-refractivity contribution >= 4 is 28.2 Å². The van der Waals surface area contributed by atoms with Crippen LogP contribution in [0, 0.1) is 0 Å². The van der Waals surface area contributed by atoms with E-state index in [-0.39, 0.29) is 6.54 Å². The van der Waals surface area contributed by atoms with Gasteiger partial charge in [0, 0.05) is 22.3 Å². The predicted molar refractivity (Wildman–Crippen MR) is 61.2 cm³/mol. The second-order valence-corrected chi connectivity index (χ2v) is 3.73. The van der Waals surface area contributed by atoms with Gasteiger partial charge in [-0.25, -0.2) is 8.78 Å². The number of halogens is 3. The second kappa shape index (κ2) is 4.61. The van der Waals surface area contributed by atoms with E-state index >= 15 is 0 Å². The highest BCUT2D eigenvalue weighted by molar-refractivity contribution is 6.31. The number of pyridine rings is 1. The lowest BCUT2D eigenvalue weighted by Gasteiger charge is -2.08. The largest absolute Gasteiger partial charge is 0.379 e. The van der Waals surface area contributed by atoms with E-state index < -0.39 is 6.43 Å². The average molecular weight is 243 g/mol. The monoisotopic (exact) mass is 242 g/mol. The van der Waals surface area contributed by atoms with Crippen molar-refractivity contribution < 1.29 is 8.78 Å². The molecule has 0 saturated carbocycles. The molecular formula is C11H9ClF2N2. The quantitative estimate of drug-likeness (QED) is 0.890. The molecule has 1 aromatic heterocycles. The summed E-state index contributed by atoms with van der Waals surface area (Å²) in [5, 5.41) is 4.03. The maximum atomic E-state index is 12.1. The highest BCUT2D eigenvalue weighted by Crippen LogP contribution is 2.24. The third-order valence-corrected chi connectivity index (χ3v) is 2.39. The van der Waals surface area contributed by atoms with Crippen molar-refractivity contribution in [2.45, 2.75) is 6.43 Å². The summed E-state index contributed by atoms with van der Waals surface area (Å²) in [6, 6.07) is 6.83. The standard InChI is InChI=1S/C11H9ClF2N2/c12-7-1-2-8-9(16-6-11(13)14)3-4-15-10(8)5-7/h1-5,11H,6H2,(H,15,16). The smallest absolute Gasteiger partial charge is 0.255 e. The van der Waals surface area contributed by atoms with Crippen molar-refractivity contribution in [2.24, 2.45) is 0 Å². The van der Waals surface area contributed by atoms with E-state index in [1.165, 1.54) is 0 Å². The molecular weight excluding hydrogens is 234 g/mol. The van der Waals surface area contributed by atoms with Crippen LogP contribution >= 0.6 is 11.6 Å². The molecule has 0 aliphatic heterocycles. The third kappa shape index (κ3) is 2.39. The molecule has 2 rings (SSSR count). The van der Waals surface area contributed by atoms with Crippen molar-refractivity contribution in [1.82, 2.24) is 4.98 Å². The molecule has 2 aromatic rings. The van der Waals surface area contributed by atoms with Gasteiger partial charge in [-0.15, -0.1) is 0 Å². The minimum atomic E-state index is -2.38. The summed E-state index contributed by atoms with van der Waals surface area (Å²) in [6.45, 7) is -0.373. The molecule has 0 radical (unpaired) electrons. The zero-order chi connectivity index (χ0) is 11.5. The molecule has 0 atom stereocenters. The maximum absolute atomic E-state index is 12.1. The topological polar surface area (TPSA) is 24.9 Å². The SMILES string of the molecule is FC(F)CNc1ccnc2cc(Cl)ccc12. The van der Waals surface area contributed by atoms with Crippen LogP contribution in [0.15, 0.2) is 30.5 Å². The molecule has 0 aliphatic rings. The molecule has 16 heavy (non-hydrogen) atoms. The van der Waals surface area contributed by atoms with Gasteiger partial charge in [-0.1, -0.05) is 11.6 Å². The molecule has 0 spiro atoms.